The van der Waals surface area contributed by atoms with Crippen LogP contribution in [0.15, 0.2) is 24.3 Å². The maximum Gasteiger partial charge on any atom is 0.252 e. The van der Waals surface area contributed by atoms with Crippen LogP contribution in [-0.4, -0.2) is 55.4 Å². The Morgan fingerprint density at radius 1 is 1.03 bits per heavy atom. The van der Waals surface area contributed by atoms with E-state index in [1.807, 2.05) is 4.90 Å². The van der Waals surface area contributed by atoms with Gasteiger partial charge in [0.2, 0.25) is 11.8 Å². The fourth-order valence-electron chi connectivity index (χ4n) is 4.40. The molecule has 1 aromatic rings. The normalized spacial score (nSPS) is 19.3. The number of carbonyl (C=O) groups excluding carboxylic acids is 3. The minimum Gasteiger partial charge on any atom is -0.497 e. The number of amides is 3. The quantitative estimate of drug-likeness (QED) is 0.791. The first-order chi connectivity index (χ1) is 14.0. The molecular formula is C22H31N3O4. The van der Waals surface area contributed by atoms with Crippen LogP contribution in [-0.2, 0) is 9.59 Å². The predicted molar refractivity (Wildman–Crippen MR) is 110 cm³/mol. The molecule has 1 aliphatic heterocycles. The van der Waals surface area contributed by atoms with E-state index in [4.69, 9.17) is 4.74 Å². The molecule has 3 rings (SSSR count). The number of hydrogen-bond acceptors (Lipinski definition) is 4. The number of rotatable bonds is 5. The molecule has 1 heterocycles. The van der Waals surface area contributed by atoms with E-state index in [1.165, 1.54) is 6.42 Å². The highest BCUT2D eigenvalue weighted by molar-refractivity contribution is 5.99. The minimum atomic E-state index is -1.00. The Kier molecular flexibility index (Phi) is 6.77. The van der Waals surface area contributed by atoms with Crippen molar-refractivity contribution >= 4 is 17.7 Å². The Bertz CT molecular complexity index is 733. The van der Waals surface area contributed by atoms with Crippen molar-refractivity contribution in [1.82, 2.24) is 15.5 Å². The van der Waals surface area contributed by atoms with E-state index in [2.05, 4.69) is 10.6 Å². The van der Waals surface area contributed by atoms with Crippen molar-refractivity contribution in [3.05, 3.63) is 29.8 Å². The van der Waals surface area contributed by atoms with Gasteiger partial charge < -0.3 is 20.3 Å². The number of likely N-dealkylation sites (tertiary alicyclic amines) is 1. The van der Waals surface area contributed by atoms with Crippen LogP contribution in [0.5, 0.6) is 5.75 Å². The third-order valence-corrected chi connectivity index (χ3v) is 6.25. The van der Waals surface area contributed by atoms with E-state index in [9.17, 15) is 14.4 Å². The molecule has 158 valence electrons. The molecule has 0 atom stereocenters. The predicted octanol–water partition coefficient (Wildman–Crippen LogP) is 2.11. The third-order valence-electron chi connectivity index (χ3n) is 6.25. The molecule has 0 spiro atoms. The van der Waals surface area contributed by atoms with Crippen LogP contribution in [0.4, 0.5) is 0 Å². The summed E-state index contributed by atoms with van der Waals surface area (Å²) in [6.45, 7) is 0.956. The van der Waals surface area contributed by atoms with Crippen molar-refractivity contribution in [2.75, 3.05) is 27.2 Å². The number of carbonyl (C=O) groups is 3. The summed E-state index contributed by atoms with van der Waals surface area (Å²) < 4.78 is 5.13. The maximum absolute atomic E-state index is 12.8. The summed E-state index contributed by atoms with van der Waals surface area (Å²) in [4.78, 5) is 40.2. The van der Waals surface area contributed by atoms with Crippen LogP contribution >= 0.6 is 0 Å². The van der Waals surface area contributed by atoms with Gasteiger partial charge in [-0.1, -0.05) is 19.3 Å². The van der Waals surface area contributed by atoms with Crippen LogP contribution in [0.25, 0.3) is 0 Å². The fourth-order valence-corrected chi connectivity index (χ4v) is 4.40. The van der Waals surface area contributed by atoms with Gasteiger partial charge in [0.15, 0.2) is 0 Å². The number of ether oxygens (including phenoxy) is 1. The van der Waals surface area contributed by atoms with Gasteiger partial charge in [0, 0.05) is 31.6 Å². The number of benzene rings is 1. The Labute approximate surface area is 172 Å². The van der Waals surface area contributed by atoms with Crippen molar-refractivity contribution in [1.29, 1.82) is 0 Å². The van der Waals surface area contributed by atoms with Gasteiger partial charge in [-0.25, -0.2) is 0 Å². The molecule has 1 saturated heterocycles. The molecule has 1 saturated carbocycles. The summed E-state index contributed by atoms with van der Waals surface area (Å²) in [5, 5.41) is 5.63. The topological polar surface area (TPSA) is 87.7 Å². The van der Waals surface area contributed by atoms with E-state index >= 15 is 0 Å². The standard InChI is InChI=1S/C22H31N3O4/c1-23-21(28)22(24-19(26)16-8-10-18(29-2)11-9-16)12-14-25(15-13-22)20(27)17-6-4-3-5-7-17/h8-11,17H,3-7,12-15H2,1-2H3,(H,23,28)(H,24,26). The van der Waals surface area contributed by atoms with Gasteiger partial charge in [0.1, 0.15) is 11.3 Å². The monoisotopic (exact) mass is 401 g/mol. The van der Waals surface area contributed by atoms with E-state index in [1.54, 1.807) is 38.4 Å². The number of methoxy groups -OCH3 is 1. The van der Waals surface area contributed by atoms with E-state index < -0.39 is 5.54 Å². The van der Waals surface area contributed by atoms with Crippen LogP contribution in [0, 0.1) is 5.92 Å². The molecule has 2 aliphatic rings. The number of nitrogens with zero attached hydrogens (tertiary/aromatic N) is 1. The lowest BCUT2D eigenvalue weighted by atomic mass is 9.84. The lowest BCUT2D eigenvalue weighted by Crippen LogP contribution is -2.63. The van der Waals surface area contributed by atoms with Gasteiger partial charge in [-0.3, -0.25) is 14.4 Å². The molecule has 7 heteroatoms. The van der Waals surface area contributed by atoms with E-state index in [-0.39, 0.29) is 23.6 Å². The molecule has 0 unspecified atom stereocenters. The van der Waals surface area contributed by atoms with Crippen LogP contribution in [0.3, 0.4) is 0 Å². The first-order valence-electron chi connectivity index (χ1n) is 10.5. The zero-order chi connectivity index (χ0) is 20.9. The summed E-state index contributed by atoms with van der Waals surface area (Å²) in [6.07, 6.45) is 6.18. The molecule has 1 aliphatic carbocycles. The van der Waals surface area contributed by atoms with Crippen LogP contribution in [0.1, 0.15) is 55.3 Å². The fraction of sp³-hybridized carbons (Fsp3) is 0.591. The first-order valence-corrected chi connectivity index (χ1v) is 10.5. The third kappa shape index (κ3) is 4.71. The maximum atomic E-state index is 12.8. The lowest BCUT2D eigenvalue weighted by molar-refractivity contribution is -0.141. The molecule has 1 aromatic carbocycles. The van der Waals surface area contributed by atoms with Crippen molar-refractivity contribution in [3.8, 4) is 5.75 Å². The number of piperidine rings is 1. The highest BCUT2D eigenvalue weighted by Crippen LogP contribution is 2.29. The summed E-state index contributed by atoms with van der Waals surface area (Å²) in [6, 6.07) is 6.78. The molecule has 29 heavy (non-hydrogen) atoms. The smallest absolute Gasteiger partial charge is 0.252 e. The second-order valence-corrected chi connectivity index (χ2v) is 8.00. The van der Waals surface area contributed by atoms with Gasteiger partial charge in [-0.15, -0.1) is 0 Å². The second-order valence-electron chi connectivity index (χ2n) is 8.00. The van der Waals surface area contributed by atoms with Crippen molar-refractivity contribution in [2.24, 2.45) is 5.92 Å². The minimum absolute atomic E-state index is 0.116. The summed E-state index contributed by atoms with van der Waals surface area (Å²) in [7, 11) is 3.14. The van der Waals surface area contributed by atoms with Crippen molar-refractivity contribution in [2.45, 2.75) is 50.5 Å². The van der Waals surface area contributed by atoms with Gasteiger partial charge in [-0.2, -0.15) is 0 Å². The molecule has 0 radical (unpaired) electrons. The molecule has 0 aromatic heterocycles. The molecule has 2 N–H and O–H groups in total. The molecule has 7 nitrogen and oxygen atoms in total. The lowest BCUT2D eigenvalue weighted by Gasteiger charge is -2.42. The Morgan fingerprint density at radius 3 is 2.21 bits per heavy atom. The zero-order valence-electron chi connectivity index (χ0n) is 17.3. The number of hydrogen-bond donors (Lipinski definition) is 2. The van der Waals surface area contributed by atoms with Gasteiger partial charge >= 0.3 is 0 Å². The van der Waals surface area contributed by atoms with Crippen LogP contribution in [0.2, 0.25) is 0 Å². The van der Waals surface area contributed by atoms with Gasteiger partial charge in [0.05, 0.1) is 7.11 Å². The average Bonchev–Trinajstić information content (AvgIpc) is 2.79. The number of likely N-dealkylation sites (N-methyl/N-ethyl adjacent to an activating group) is 1. The Morgan fingerprint density at radius 2 is 1.66 bits per heavy atom. The van der Waals surface area contributed by atoms with Crippen molar-refractivity contribution < 1.29 is 19.1 Å². The van der Waals surface area contributed by atoms with E-state index in [0.717, 1.165) is 25.7 Å². The van der Waals surface area contributed by atoms with Crippen LogP contribution < -0.4 is 15.4 Å². The summed E-state index contributed by atoms with van der Waals surface area (Å²) in [5.41, 5.74) is -0.537. The van der Waals surface area contributed by atoms with E-state index in [0.29, 0.717) is 37.2 Å². The molecule has 2 fully saturated rings. The number of nitrogens with one attached hydrogen (secondary N) is 2. The molecule has 3 amide bonds. The summed E-state index contributed by atoms with van der Waals surface area (Å²) >= 11 is 0. The highest BCUT2D eigenvalue weighted by Gasteiger charge is 2.43. The molecule has 0 bridgehead atoms. The highest BCUT2D eigenvalue weighted by atomic mass is 16.5. The second kappa shape index (κ2) is 9.29. The van der Waals surface area contributed by atoms with Gasteiger partial charge in [-0.05, 0) is 49.9 Å². The summed E-state index contributed by atoms with van der Waals surface area (Å²) in [5.74, 6) is 0.464. The molecular weight excluding hydrogens is 370 g/mol. The SMILES string of the molecule is CNC(=O)C1(NC(=O)c2ccc(OC)cc2)CCN(C(=O)C2CCCCC2)CC1. The zero-order valence-corrected chi connectivity index (χ0v) is 17.3. The van der Waals surface area contributed by atoms with Crippen molar-refractivity contribution in [3.63, 3.8) is 0 Å². The Balaban J connectivity index is 1.67. The van der Waals surface area contributed by atoms with Gasteiger partial charge in [0.25, 0.3) is 5.91 Å². The Hall–Kier alpha value is -2.57. The average molecular weight is 402 g/mol. The first kappa shape index (κ1) is 21.1. The largest absolute Gasteiger partial charge is 0.497 e.